The molecule has 5 rings (SSSR count). The molecule has 4 aromatic rings. The van der Waals surface area contributed by atoms with Crippen molar-refractivity contribution in [3.8, 4) is 17.0 Å². The highest BCUT2D eigenvalue weighted by Crippen LogP contribution is 2.32. The number of hydrogen-bond acceptors (Lipinski definition) is 6. The van der Waals surface area contributed by atoms with Crippen LogP contribution in [0.15, 0.2) is 72.4 Å². The lowest BCUT2D eigenvalue weighted by molar-refractivity contribution is -0.136. The Kier molecular flexibility index (Phi) is 6.72. The number of rotatable bonds is 5. The van der Waals surface area contributed by atoms with E-state index < -0.39 is 0 Å². The number of amides is 2. The number of thiazole rings is 1. The van der Waals surface area contributed by atoms with Crippen LogP contribution in [0.1, 0.15) is 24.4 Å². The standard InChI is InChI=1S/C27H26N4O3S/c1-19(32)30-13-10-25(27-29-24(18-35-27)21-8-11-28-12-9-21)31(15-14-30)26(33)17-34-23-7-6-20-4-2-3-5-22(20)16-23/h2-9,11-12,16,18,25H,10,13-15,17H2,1H3. The molecular formula is C27H26N4O3S. The van der Waals surface area contributed by atoms with Crippen molar-refractivity contribution < 1.29 is 14.3 Å². The SMILES string of the molecule is CC(=O)N1CCC(c2nc(-c3ccncc3)cs2)N(C(=O)COc2ccc3ccccc3c2)CC1. The molecule has 1 saturated heterocycles. The van der Waals surface area contributed by atoms with Gasteiger partial charge in [0.1, 0.15) is 10.8 Å². The third-order valence-electron chi connectivity index (χ3n) is 6.29. The molecule has 178 valence electrons. The maximum atomic E-state index is 13.4. The van der Waals surface area contributed by atoms with Crippen LogP contribution in [0.4, 0.5) is 0 Å². The van der Waals surface area contributed by atoms with Crippen molar-refractivity contribution in [1.82, 2.24) is 19.8 Å². The number of hydrogen-bond donors (Lipinski definition) is 0. The van der Waals surface area contributed by atoms with E-state index in [4.69, 9.17) is 9.72 Å². The van der Waals surface area contributed by atoms with Gasteiger partial charge in [-0.25, -0.2) is 4.98 Å². The molecule has 1 atom stereocenters. The number of benzene rings is 2. The molecule has 2 amide bonds. The molecule has 1 fully saturated rings. The third-order valence-corrected chi connectivity index (χ3v) is 7.24. The van der Waals surface area contributed by atoms with E-state index in [1.54, 1.807) is 24.2 Å². The van der Waals surface area contributed by atoms with Crippen molar-refractivity contribution in [3.63, 3.8) is 0 Å². The van der Waals surface area contributed by atoms with Gasteiger partial charge in [-0.05, 0) is 41.5 Å². The topological polar surface area (TPSA) is 75.6 Å². The summed E-state index contributed by atoms with van der Waals surface area (Å²) < 4.78 is 5.91. The minimum atomic E-state index is -0.215. The summed E-state index contributed by atoms with van der Waals surface area (Å²) in [5.41, 5.74) is 1.85. The Labute approximate surface area is 208 Å². The van der Waals surface area contributed by atoms with Crippen LogP contribution in [0.5, 0.6) is 5.75 Å². The van der Waals surface area contributed by atoms with Crippen molar-refractivity contribution in [2.45, 2.75) is 19.4 Å². The zero-order chi connectivity index (χ0) is 24.2. The Bertz CT molecular complexity index is 1340. The molecule has 1 aliphatic heterocycles. The largest absolute Gasteiger partial charge is 0.484 e. The van der Waals surface area contributed by atoms with Crippen molar-refractivity contribution in [2.75, 3.05) is 26.2 Å². The van der Waals surface area contributed by atoms with E-state index in [9.17, 15) is 9.59 Å². The minimum Gasteiger partial charge on any atom is -0.484 e. The van der Waals surface area contributed by atoms with Gasteiger partial charge >= 0.3 is 0 Å². The Morgan fingerprint density at radius 1 is 1.03 bits per heavy atom. The van der Waals surface area contributed by atoms with Gasteiger partial charge in [-0.15, -0.1) is 11.3 Å². The molecule has 0 N–H and O–H groups in total. The highest BCUT2D eigenvalue weighted by molar-refractivity contribution is 7.10. The van der Waals surface area contributed by atoms with Crippen molar-refractivity contribution in [1.29, 1.82) is 0 Å². The molecule has 1 aliphatic rings. The van der Waals surface area contributed by atoms with E-state index in [0.29, 0.717) is 31.8 Å². The fraction of sp³-hybridized carbons (Fsp3) is 0.259. The van der Waals surface area contributed by atoms with Crippen LogP contribution < -0.4 is 4.74 Å². The lowest BCUT2D eigenvalue weighted by atomic mass is 10.1. The molecule has 2 aromatic heterocycles. The molecule has 0 aliphatic carbocycles. The number of carbonyl (C=O) groups is 2. The van der Waals surface area contributed by atoms with E-state index in [2.05, 4.69) is 4.98 Å². The number of fused-ring (bicyclic) bond motifs is 1. The van der Waals surface area contributed by atoms with E-state index >= 15 is 0 Å². The summed E-state index contributed by atoms with van der Waals surface area (Å²) >= 11 is 1.54. The van der Waals surface area contributed by atoms with Gasteiger partial charge in [-0.3, -0.25) is 14.6 Å². The maximum Gasteiger partial charge on any atom is 0.261 e. The summed E-state index contributed by atoms with van der Waals surface area (Å²) in [7, 11) is 0. The molecule has 7 nitrogen and oxygen atoms in total. The van der Waals surface area contributed by atoms with Crippen LogP contribution in [-0.2, 0) is 9.59 Å². The summed E-state index contributed by atoms with van der Waals surface area (Å²) in [6, 6.07) is 17.5. The second kappa shape index (κ2) is 10.2. The van der Waals surface area contributed by atoms with Crippen LogP contribution in [0, 0.1) is 0 Å². The van der Waals surface area contributed by atoms with Crippen LogP contribution in [-0.4, -0.2) is 57.8 Å². The number of aromatic nitrogens is 2. The van der Waals surface area contributed by atoms with Crippen LogP contribution >= 0.6 is 11.3 Å². The van der Waals surface area contributed by atoms with E-state index in [-0.39, 0.29) is 24.5 Å². The van der Waals surface area contributed by atoms with Crippen LogP contribution in [0.2, 0.25) is 0 Å². The van der Waals surface area contributed by atoms with Crippen LogP contribution in [0.25, 0.3) is 22.0 Å². The van der Waals surface area contributed by atoms with Gasteiger partial charge in [0.15, 0.2) is 6.61 Å². The predicted octanol–water partition coefficient (Wildman–Crippen LogP) is 4.56. The fourth-order valence-electron chi connectivity index (χ4n) is 4.38. The molecular weight excluding hydrogens is 460 g/mol. The number of carbonyl (C=O) groups excluding carboxylic acids is 2. The Balaban J connectivity index is 1.36. The van der Waals surface area contributed by atoms with Gasteiger partial charge < -0.3 is 14.5 Å². The zero-order valence-electron chi connectivity index (χ0n) is 19.5. The molecule has 2 aromatic carbocycles. The smallest absolute Gasteiger partial charge is 0.261 e. The van der Waals surface area contributed by atoms with Gasteiger partial charge in [0.05, 0.1) is 11.7 Å². The van der Waals surface area contributed by atoms with Crippen molar-refractivity contribution in [3.05, 3.63) is 77.4 Å². The quantitative estimate of drug-likeness (QED) is 0.413. The number of ether oxygens (including phenoxy) is 1. The summed E-state index contributed by atoms with van der Waals surface area (Å²) in [5, 5.41) is 5.05. The highest BCUT2D eigenvalue weighted by atomic mass is 32.1. The molecule has 3 heterocycles. The third kappa shape index (κ3) is 5.17. The minimum absolute atomic E-state index is 0.0158. The van der Waals surface area contributed by atoms with Gasteiger partial charge in [-0.1, -0.05) is 30.3 Å². The second-order valence-electron chi connectivity index (χ2n) is 8.50. The number of pyridine rings is 1. The average molecular weight is 487 g/mol. The maximum absolute atomic E-state index is 13.4. The first kappa shape index (κ1) is 23.0. The first-order chi connectivity index (χ1) is 17.1. The number of nitrogens with zero attached hydrogens (tertiary/aromatic N) is 4. The predicted molar refractivity (Wildman–Crippen MR) is 136 cm³/mol. The highest BCUT2D eigenvalue weighted by Gasteiger charge is 2.32. The summed E-state index contributed by atoms with van der Waals surface area (Å²) in [5.74, 6) is 0.555. The average Bonchev–Trinajstić information content (AvgIpc) is 3.27. The van der Waals surface area contributed by atoms with Gasteiger partial charge in [-0.2, -0.15) is 0 Å². The van der Waals surface area contributed by atoms with Crippen molar-refractivity contribution >= 4 is 33.9 Å². The molecule has 35 heavy (non-hydrogen) atoms. The Morgan fingerprint density at radius 2 is 1.83 bits per heavy atom. The zero-order valence-corrected chi connectivity index (χ0v) is 20.3. The lowest BCUT2D eigenvalue weighted by Crippen LogP contribution is -2.40. The molecule has 0 saturated carbocycles. The summed E-state index contributed by atoms with van der Waals surface area (Å²) in [6.45, 7) is 3.02. The molecule has 8 heteroatoms. The molecule has 1 unspecified atom stereocenters. The van der Waals surface area contributed by atoms with Crippen LogP contribution in [0.3, 0.4) is 0 Å². The molecule has 0 bridgehead atoms. The first-order valence-electron chi connectivity index (χ1n) is 11.6. The first-order valence-corrected chi connectivity index (χ1v) is 12.5. The van der Waals surface area contributed by atoms with E-state index in [0.717, 1.165) is 27.0 Å². The van der Waals surface area contributed by atoms with Gasteiger partial charge in [0, 0.05) is 49.9 Å². The monoisotopic (exact) mass is 486 g/mol. The normalized spacial score (nSPS) is 16.2. The summed E-state index contributed by atoms with van der Waals surface area (Å²) in [4.78, 5) is 38.0. The second-order valence-corrected chi connectivity index (χ2v) is 9.39. The Hall–Kier alpha value is -3.78. The van der Waals surface area contributed by atoms with E-state index in [1.807, 2.05) is 64.9 Å². The molecule has 0 spiro atoms. The lowest BCUT2D eigenvalue weighted by Gasteiger charge is -2.28. The van der Waals surface area contributed by atoms with Gasteiger partial charge in [0.2, 0.25) is 5.91 Å². The molecule has 0 radical (unpaired) electrons. The van der Waals surface area contributed by atoms with E-state index in [1.165, 1.54) is 11.3 Å². The summed E-state index contributed by atoms with van der Waals surface area (Å²) in [6.07, 6.45) is 4.11. The fourth-order valence-corrected chi connectivity index (χ4v) is 5.36. The Morgan fingerprint density at radius 3 is 2.63 bits per heavy atom. The van der Waals surface area contributed by atoms with Gasteiger partial charge in [0.25, 0.3) is 5.91 Å². The van der Waals surface area contributed by atoms with Crippen molar-refractivity contribution in [2.24, 2.45) is 0 Å².